The fraction of sp³-hybridized carbons (Fsp3) is 0.387. The highest BCUT2D eigenvalue weighted by atomic mass is 32.2. The number of carbonyl (C=O) groups excluding carboxylic acids is 1. The van der Waals surface area contributed by atoms with Crippen LogP contribution in [0.15, 0.2) is 77.7 Å². The summed E-state index contributed by atoms with van der Waals surface area (Å²) in [5.41, 5.74) is 2.38. The van der Waals surface area contributed by atoms with E-state index < -0.39 is 10.0 Å². The number of rotatable bonds is 12. The molecule has 0 spiro atoms. The van der Waals surface area contributed by atoms with Gasteiger partial charge in [-0.3, -0.25) is 9.69 Å². The molecule has 1 aliphatic heterocycles. The lowest BCUT2D eigenvalue weighted by atomic mass is 10.1. The smallest absolute Gasteiger partial charge is 0.243 e. The van der Waals surface area contributed by atoms with E-state index in [1.165, 1.54) is 24.6 Å². The van der Waals surface area contributed by atoms with Gasteiger partial charge in [-0.25, -0.2) is 8.42 Å². The number of benzene rings is 3. The second kappa shape index (κ2) is 13.3. The van der Waals surface area contributed by atoms with Gasteiger partial charge in [-0.15, -0.1) is 0 Å². The van der Waals surface area contributed by atoms with Crippen molar-refractivity contribution < 1.29 is 22.7 Å². The Morgan fingerprint density at radius 3 is 2.00 bits per heavy atom. The molecule has 3 aromatic carbocycles. The second-order valence-corrected chi connectivity index (χ2v) is 12.2. The number of hydrogen-bond donors (Lipinski definition) is 0. The first-order valence-corrected chi connectivity index (χ1v) is 15.0. The molecule has 214 valence electrons. The van der Waals surface area contributed by atoms with E-state index in [-0.39, 0.29) is 35.7 Å². The summed E-state index contributed by atoms with van der Waals surface area (Å²) in [6.45, 7) is 2.05. The Bertz CT molecular complexity index is 1380. The molecular weight excluding hydrogens is 526 g/mol. The standard InChI is InChI=1S/C31H39N3O5S/c1-32(23-25-15-9-6-10-16-25)40(36,37)29-22-28(39-4)27(38-3)20-26(29)21-31(35)33(2)30(34-17-11-12-18-34)19-24-13-7-5-8-14-24/h5-10,13-16,20,22,30H,11-12,17-19,21,23H2,1-4H3. The van der Waals surface area contributed by atoms with Crippen LogP contribution in [0.3, 0.4) is 0 Å². The molecule has 8 nitrogen and oxygen atoms in total. The number of carbonyl (C=O) groups is 1. The Morgan fingerprint density at radius 2 is 1.43 bits per heavy atom. The summed E-state index contributed by atoms with van der Waals surface area (Å²) in [7, 11) is 2.35. The van der Waals surface area contributed by atoms with E-state index >= 15 is 0 Å². The number of amides is 1. The molecule has 1 unspecified atom stereocenters. The molecular formula is C31H39N3O5S. The Kier molecular flexibility index (Phi) is 9.84. The molecule has 1 saturated heterocycles. The van der Waals surface area contributed by atoms with E-state index in [9.17, 15) is 13.2 Å². The van der Waals surface area contributed by atoms with Crippen molar-refractivity contribution in [3.05, 3.63) is 89.5 Å². The zero-order valence-electron chi connectivity index (χ0n) is 23.7. The van der Waals surface area contributed by atoms with Crippen molar-refractivity contribution in [2.75, 3.05) is 41.4 Å². The molecule has 4 rings (SSSR count). The van der Waals surface area contributed by atoms with Crippen molar-refractivity contribution in [2.24, 2.45) is 0 Å². The third-order valence-electron chi connectivity index (χ3n) is 7.51. The Morgan fingerprint density at radius 1 is 0.875 bits per heavy atom. The summed E-state index contributed by atoms with van der Waals surface area (Å²) < 4.78 is 39.9. The van der Waals surface area contributed by atoms with Crippen molar-refractivity contribution in [3.63, 3.8) is 0 Å². The Balaban J connectivity index is 1.65. The maximum Gasteiger partial charge on any atom is 0.243 e. The molecule has 0 bridgehead atoms. The molecule has 0 radical (unpaired) electrons. The van der Waals surface area contributed by atoms with Crippen LogP contribution in [0.5, 0.6) is 11.5 Å². The fourth-order valence-corrected chi connectivity index (χ4v) is 6.58. The van der Waals surface area contributed by atoms with Crippen LogP contribution in [0.2, 0.25) is 0 Å². The van der Waals surface area contributed by atoms with Crippen molar-refractivity contribution in [1.29, 1.82) is 0 Å². The van der Waals surface area contributed by atoms with Crippen molar-refractivity contribution in [2.45, 2.75) is 43.3 Å². The molecule has 0 aliphatic carbocycles. The minimum atomic E-state index is -3.96. The van der Waals surface area contributed by atoms with E-state index in [2.05, 4.69) is 17.0 Å². The maximum absolute atomic E-state index is 13.9. The normalized spacial score (nSPS) is 14.7. The predicted molar refractivity (Wildman–Crippen MR) is 156 cm³/mol. The second-order valence-electron chi connectivity index (χ2n) is 10.2. The van der Waals surface area contributed by atoms with E-state index in [1.807, 2.05) is 55.6 Å². The van der Waals surface area contributed by atoms with Gasteiger partial charge in [-0.05, 0) is 35.6 Å². The minimum absolute atomic E-state index is 0.0334. The van der Waals surface area contributed by atoms with Crippen LogP contribution in [0.25, 0.3) is 0 Å². The van der Waals surface area contributed by atoms with E-state index in [0.717, 1.165) is 37.1 Å². The lowest BCUT2D eigenvalue weighted by Crippen LogP contribution is -2.49. The highest BCUT2D eigenvalue weighted by Gasteiger charge is 2.31. The van der Waals surface area contributed by atoms with E-state index in [4.69, 9.17) is 9.47 Å². The molecule has 9 heteroatoms. The van der Waals surface area contributed by atoms with Crippen LogP contribution in [-0.4, -0.2) is 76.0 Å². The molecule has 0 N–H and O–H groups in total. The van der Waals surface area contributed by atoms with Gasteiger partial charge in [0.15, 0.2) is 11.5 Å². The van der Waals surface area contributed by atoms with Gasteiger partial charge in [0.25, 0.3) is 0 Å². The van der Waals surface area contributed by atoms with Gasteiger partial charge in [-0.1, -0.05) is 60.7 Å². The molecule has 3 aromatic rings. The van der Waals surface area contributed by atoms with Crippen molar-refractivity contribution in [1.82, 2.24) is 14.1 Å². The van der Waals surface area contributed by atoms with Crippen molar-refractivity contribution in [3.8, 4) is 11.5 Å². The molecule has 1 aliphatic rings. The summed E-state index contributed by atoms with van der Waals surface area (Å²) >= 11 is 0. The first kappa shape index (κ1) is 29.6. The van der Waals surface area contributed by atoms with Gasteiger partial charge in [0.1, 0.15) is 0 Å². The summed E-state index contributed by atoms with van der Waals surface area (Å²) in [6.07, 6.45) is 2.67. The lowest BCUT2D eigenvalue weighted by Gasteiger charge is -2.36. The molecule has 1 atom stereocenters. The highest BCUT2D eigenvalue weighted by Crippen LogP contribution is 2.35. The van der Waals surface area contributed by atoms with Gasteiger partial charge >= 0.3 is 0 Å². The van der Waals surface area contributed by atoms with Crippen LogP contribution < -0.4 is 9.47 Å². The van der Waals surface area contributed by atoms with Gasteiger partial charge < -0.3 is 14.4 Å². The third kappa shape index (κ3) is 6.83. The third-order valence-corrected chi connectivity index (χ3v) is 9.39. The SMILES string of the molecule is COc1cc(CC(=O)N(C)C(Cc2ccccc2)N2CCCC2)c(S(=O)(=O)N(C)Cc2ccccc2)cc1OC. The van der Waals surface area contributed by atoms with Crippen LogP contribution >= 0.6 is 0 Å². The fourth-order valence-electron chi connectivity index (χ4n) is 5.20. The van der Waals surface area contributed by atoms with Crippen LogP contribution in [-0.2, 0) is 34.2 Å². The molecule has 1 fully saturated rings. The van der Waals surface area contributed by atoms with Gasteiger partial charge in [-0.2, -0.15) is 4.31 Å². The number of likely N-dealkylation sites (tertiary alicyclic amines) is 1. The average molecular weight is 566 g/mol. The van der Waals surface area contributed by atoms with Crippen LogP contribution in [0.4, 0.5) is 0 Å². The zero-order chi connectivity index (χ0) is 28.7. The monoisotopic (exact) mass is 565 g/mol. The molecule has 1 amide bonds. The van der Waals surface area contributed by atoms with Gasteiger partial charge in [0.2, 0.25) is 15.9 Å². The predicted octanol–water partition coefficient (Wildman–Crippen LogP) is 4.19. The topological polar surface area (TPSA) is 79.4 Å². The zero-order valence-corrected chi connectivity index (χ0v) is 24.6. The average Bonchev–Trinajstić information content (AvgIpc) is 3.51. The van der Waals surface area contributed by atoms with E-state index in [1.54, 1.807) is 18.0 Å². The van der Waals surface area contributed by atoms with Gasteiger partial charge in [0.05, 0.1) is 31.7 Å². The Hall–Kier alpha value is -3.40. The summed E-state index contributed by atoms with van der Waals surface area (Å²) in [6, 6.07) is 22.6. The van der Waals surface area contributed by atoms with E-state index in [0.29, 0.717) is 17.7 Å². The number of likely N-dealkylation sites (N-methyl/N-ethyl adjacent to an activating group) is 1. The Labute approximate surface area is 238 Å². The van der Waals surface area contributed by atoms with Crippen molar-refractivity contribution >= 4 is 15.9 Å². The summed E-state index contributed by atoms with van der Waals surface area (Å²) in [5.74, 6) is 0.498. The minimum Gasteiger partial charge on any atom is -0.493 e. The van der Waals surface area contributed by atoms with Crippen LogP contribution in [0.1, 0.15) is 29.5 Å². The quantitative estimate of drug-likeness (QED) is 0.328. The molecule has 40 heavy (non-hydrogen) atoms. The first-order chi connectivity index (χ1) is 19.2. The van der Waals surface area contributed by atoms with Gasteiger partial charge in [0, 0.05) is 46.2 Å². The number of ether oxygens (including phenoxy) is 2. The number of methoxy groups -OCH3 is 2. The maximum atomic E-state index is 13.9. The summed E-state index contributed by atoms with van der Waals surface area (Å²) in [4.78, 5) is 17.9. The molecule has 0 saturated carbocycles. The number of nitrogens with zero attached hydrogens (tertiary/aromatic N) is 3. The first-order valence-electron chi connectivity index (χ1n) is 13.5. The highest BCUT2D eigenvalue weighted by molar-refractivity contribution is 7.89. The number of hydrogen-bond acceptors (Lipinski definition) is 6. The molecule has 0 aromatic heterocycles. The summed E-state index contributed by atoms with van der Waals surface area (Å²) in [5, 5.41) is 0. The number of sulfonamides is 1. The molecule has 1 heterocycles. The largest absolute Gasteiger partial charge is 0.493 e. The van der Waals surface area contributed by atoms with Crippen LogP contribution in [0, 0.1) is 0 Å². The lowest BCUT2D eigenvalue weighted by molar-refractivity contribution is -0.134.